The number of hydrogen-bond donors (Lipinski definition) is 3. The summed E-state index contributed by atoms with van der Waals surface area (Å²) >= 11 is 0. The zero-order chi connectivity index (χ0) is 23.6. The van der Waals surface area contributed by atoms with Crippen LogP contribution in [-0.4, -0.2) is 26.8 Å². The minimum atomic E-state index is -4.81. The Bertz CT molecular complexity index is 1230. The lowest BCUT2D eigenvalue weighted by molar-refractivity contribution is -0.140. The third-order valence-electron chi connectivity index (χ3n) is 4.44. The van der Waals surface area contributed by atoms with Crippen molar-refractivity contribution in [3.05, 3.63) is 87.3 Å². The van der Waals surface area contributed by atoms with Crippen LogP contribution >= 0.6 is 0 Å². The van der Waals surface area contributed by atoms with Crippen LogP contribution < -0.4 is 10.9 Å². The monoisotopic (exact) mass is 455 g/mol. The molecule has 0 saturated heterocycles. The number of aromatic amines is 1. The number of carboxylic acids is 1. The number of aliphatic carboxylic acids is 1. The Kier molecular flexibility index (Phi) is 6.14. The van der Waals surface area contributed by atoms with E-state index in [2.05, 4.69) is 10.4 Å². The van der Waals surface area contributed by atoms with Gasteiger partial charge in [0, 0.05) is 12.1 Å². The summed E-state index contributed by atoms with van der Waals surface area (Å²) in [5.74, 6) is -4.59. The largest absolute Gasteiger partial charge is 0.481 e. The molecule has 0 bridgehead atoms. The zero-order valence-electron chi connectivity index (χ0n) is 15.9. The van der Waals surface area contributed by atoms with Crippen molar-refractivity contribution in [2.75, 3.05) is 0 Å². The number of aromatic nitrogens is 2. The summed E-state index contributed by atoms with van der Waals surface area (Å²) < 4.78 is 67.7. The van der Waals surface area contributed by atoms with Gasteiger partial charge in [-0.15, -0.1) is 0 Å². The molecule has 0 fully saturated rings. The molecule has 3 rings (SSSR count). The first-order valence-corrected chi connectivity index (χ1v) is 8.93. The van der Waals surface area contributed by atoms with Gasteiger partial charge >= 0.3 is 12.1 Å². The molecular weight excluding hydrogens is 441 g/mol. The first-order valence-electron chi connectivity index (χ1n) is 8.93. The molecule has 3 aromatic rings. The average molecular weight is 455 g/mol. The molecule has 7 nitrogen and oxygen atoms in total. The van der Waals surface area contributed by atoms with Crippen molar-refractivity contribution in [3.8, 4) is 5.69 Å². The predicted molar refractivity (Wildman–Crippen MR) is 100 cm³/mol. The molecule has 0 aliphatic carbocycles. The standard InChI is InChI=1S/C20H14F5N3O4/c21-10-5-6-16(13(22)7-10)28-17(29)8-15(27-28)19(32)26-14(9-18(30)31)11-3-1-2-4-12(11)20(23,24)25/h1-8,14,27H,9H2,(H,26,32)(H,30,31)/t14-/m0/s1. The third-order valence-corrected chi connectivity index (χ3v) is 4.44. The van der Waals surface area contributed by atoms with E-state index < -0.39 is 70.2 Å². The highest BCUT2D eigenvalue weighted by molar-refractivity contribution is 5.92. The van der Waals surface area contributed by atoms with Gasteiger partial charge in [0.15, 0.2) is 5.82 Å². The first kappa shape index (κ1) is 22.7. The Hall–Kier alpha value is -3.96. The van der Waals surface area contributed by atoms with Crippen molar-refractivity contribution in [2.24, 2.45) is 0 Å². The number of carbonyl (C=O) groups is 2. The topological polar surface area (TPSA) is 104 Å². The summed E-state index contributed by atoms with van der Waals surface area (Å²) in [5.41, 5.74) is -3.40. The first-order chi connectivity index (χ1) is 15.0. The number of nitrogens with one attached hydrogen (secondary N) is 2. The second-order valence-corrected chi connectivity index (χ2v) is 6.65. The van der Waals surface area contributed by atoms with Gasteiger partial charge in [-0.25, -0.2) is 13.5 Å². The predicted octanol–water partition coefficient (Wildman–Crippen LogP) is 3.41. The fourth-order valence-electron chi connectivity index (χ4n) is 3.06. The molecule has 0 aliphatic rings. The van der Waals surface area contributed by atoms with Crippen LogP contribution in [-0.2, 0) is 11.0 Å². The number of carbonyl (C=O) groups excluding carboxylic acids is 1. The number of nitrogens with zero attached hydrogens (tertiary/aromatic N) is 1. The van der Waals surface area contributed by atoms with E-state index in [0.29, 0.717) is 10.7 Å². The normalized spacial score (nSPS) is 12.4. The van der Waals surface area contributed by atoms with Crippen molar-refractivity contribution >= 4 is 11.9 Å². The van der Waals surface area contributed by atoms with E-state index in [0.717, 1.165) is 36.4 Å². The molecule has 1 amide bonds. The third kappa shape index (κ3) is 4.85. The maximum atomic E-state index is 14.0. The number of alkyl halides is 3. The Balaban J connectivity index is 1.95. The molecule has 12 heteroatoms. The van der Waals surface area contributed by atoms with Crippen molar-refractivity contribution in [2.45, 2.75) is 18.6 Å². The number of H-pyrrole nitrogens is 1. The summed E-state index contributed by atoms with van der Waals surface area (Å²) in [6, 6.07) is 5.61. The molecule has 0 aliphatic heterocycles. The van der Waals surface area contributed by atoms with E-state index in [1.54, 1.807) is 0 Å². The van der Waals surface area contributed by atoms with E-state index in [1.807, 2.05) is 0 Å². The fraction of sp³-hybridized carbons (Fsp3) is 0.150. The smallest absolute Gasteiger partial charge is 0.416 e. The van der Waals surface area contributed by atoms with Gasteiger partial charge in [0.05, 0.1) is 18.0 Å². The Labute approximate surface area is 176 Å². The number of amides is 1. The maximum absolute atomic E-state index is 14.0. The fourth-order valence-corrected chi connectivity index (χ4v) is 3.06. The summed E-state index contributed by atoms with van der Waals surface area (Å²) in [6.07, 6.45) is -5.69. The van der Waals surface area contributed by atoms with Crippen molar-refractivity contribution in [3.63, 3.8) is 0 Å². The number of carboxylic acid groups (broad SMARTS) is 1. The molecule has 0 saturated carbocycles. The zero-order valence-corrected chi connectivity index (χ0v) is 15.9. The lowest BCUT2D eigenvalue weighted by atomic mass is 9.97. The highest BCUT2D eigenvalue weighted by Gasteiger charge is 2.36. The highest BCUT2D eigenvalue weighted by Crippen LogP contribution is 2.35. The van der Waals surface area contributed by atoms with E-state index in [-0.39, 0.29) is 0 Å². The van der Waals surface area contributed by atoms with Crippen molar-refractivity contribution < 1.29 is 36.6 Å². The van der Waals surface area contributed by atoms with Crippen LogP contribution in [0.25, 0.3) is 5.69 Å². The van der Waals surface area contributed by atoms with Crippen LogP contribution in [0.3, 0.4) is 0 Å². The minimum absolute atomic E-state index is 0.403. The molecule has 1 atom stereocenters. The number of hydrogen-bond acceptors (Lipinski definition) is 3. The summed E-state index contributed by atoms with van der Waals surface area (Å²) in [4.78, 5) is 35.9. The molecule has 168 valence electrons. The van der Waals surface area contributed by atoms with Crippen LogP contribution in [0, 0.1) is 11.6 Å². The van der Waals surface area contributed by atoms with Crippen molar-refractivity contribution in [1.82, 2.24) is 15.1 Å². The molecule has 2 aromatic carbocycles. The van der Waals surface area contributed by atoms with Crippen LogP contribution in [0.1, 0.15) is 34.1 Å². The number of rotatable bonds is 6. The molecule has 0 spiro atoms. The molecule has 0 radical (unpaired) electrons. The SMILES string of the molecule is O=C(O)C[C@H](NC(=O)c1cc(=O)n(-c2ccc(F)cc2F)[nH]1)c1ccccc1C(F)(F)F. The molecule has 0 unspecified atom stereocenters. The Morgan fingerprint density at radius 2 is 1.78 bits per heavy atom. The lowest BCUT2D eigenvalue weighted by Crippen LogP contribution is -2.32. The van der Waals surface area contributed by atoms with E-state index >= 15 is 0 Å². The quantitative estimate of drug-likeness (QED) is 0.496. The minimum Gasteiger partial charge on any atom is -0.481 e. The van der Waals surface area contributed by atoms with Crippen LogP contribution in [0.15, 0.2) is 53.3 Å². The second kappa shape index (κ2) is 8.65. The molecule has 32 heavy (non-hydrogen) atoms. The molecular formula is C20H14F5N3O4. The van der Waals surface area contributed by atoms with E-state index in [1.165, 1.54) is 6.07 Å². The number of benzene rings is 2. The van der Waals surface area contributed by atoms with Gasteiger partial charge in [0.1, 0.15) is 17.2 Å². The van der Waals surface area contributed by atoms with Crippen molar-refractivity contribution in [1.29, 1.82) is 0 Å². The van der Waals surface area contributed by atoms with Gasteiger partial charge in [-0.3, -0.25) is 19.5 Å². The van der Waals surface area contributed by atoms with E-state index in [4.69, 9.17) is 5.11 Å². The molecule has 3 N–H and O–H groups in total. The molecule has 1 heterocycles. The van der Waals surface area contributed by atoms with Gasteiger partial charge in [-0.1, -0.05) is 18.2 Å². The summed E-state index contributed by atoms with van der Waals surface area (Å²) in [6.45, 7) is 0. The van der Waals surface area contributed by atoms with Crippen LogP contribution in [0.5, 0.6) is 0 Å². The lowest BCUT2D eigenvalue weighted by Gasteiger charge is -2.21. The Morgan fingerprint density at radius 3 is 2.41 bits per heavy atom. The highest BCUT2D eigenvalue weighted by atomic mass is 19.4. The average Bonchev–Trinajstić information content (AvgIpc) is 3.08. The van der Waals surface area contributed by atoms with Gasteiger partial charge < -0.3 is 10.4 Å². The second-order valence-electron chi connectivity index (χ2n) is 6.65. The van der Waals surface area contributed by atoms with Gasteiger partial charge in [-0.2, -0.15) is 13.2 Å². The van der Waals surface area contributed by atoms with Gasteiger partial charge in [0.2, 0.25) is 0 Å². The van der Waals surface area contributed by atoms with Crippen LogP contribution in [0.4, 0.5) is 22.0 Å². The van der Waals surface area contributed by atoms with Gasteiger partial charge in [0.25, 0.3) is 11.5 Å². The van der Waals surface area contributed by atoms with Crippen LogP contribution in [0.2, 0.25) is 0 Å². The Morgan fingerprint density at radius 1 is 1.09 bits per heavy atom. The summed E-state index contributed by atoms with van der Waals surface area (Å²) in [7, 11) is 0. The maximum Gasteiger partial charge on any atom is 0.416 e. The van der Waals surface area contributed by atoms with E-state index in [9.17, 15) is 36.3 Å². The number of halogens is 5. The van der Waals surface area contributed by atoms with Gasteiger partial charge in [-0.05, 0) is 23.8 Å². The summed E-state index contributed by atoms with van der Waals surface area (Å²) in [5, 5.41) is 13.5. The molecule has 1 aromatic heterocycles.